The summed E-state index contributed by atoms with van der Waals surface area (Å²) in [7, 11) is 0. The first kappa shape index (κ1) is 15.2. The zero-order chi connectivity index (χ0) is 13.8. The van der Waals surface area contributed by atoms with E-state index in [-0.39, 0.29) is 0 Å². The fourth-order valence-electron chi connectivity index (χ4n) is 2.49. The minimum Gasteiger partial charge on any atom is -0.367 e. The number of rotatable bonds is 4. The molecule has 0 spiro atoms. The van der Waals surface area contributed by atoms with Crippen LogP contribution >= 0.6 is 27.7 Å². The van der Waals surface area contributed by atoms with Gasteiger partial charge in [0.15, 0.2) is 0 Å². The quantitative estimate of drug-likeness (QED) is 0.893. The summed E-state index contributed by atoms with van der Waals surface area (Å²) in [6.07, 6.45) is 0. The molecule has 1 aromatic rings. The van der Waals surface area contributed by atoms with E-state index in [9.17, 15) is 0 Å². The molecular weight excluding hydrogens is 320 g/mol. The van der Waals surface area contributed by atoms with Crippen molar-refractivity contribution in [2.45, 2.75) is 38.6 Å². The van der Waals surface area contributed by atoms with Gasteiger partial charge in [-0.15, -0.1) is 0 Å². The van der Waals surface area contributed by atoms with Gasteiger partial charge < -0.3 is 10.2 Å². The lowest BCUT2D eigenvalue weighted by Crippen LogP contribution is -2.45. The van der Waals surface area contributed by atoms with Crippen LogP contribution < -0.4 is 10.2 Å². The lowest BCUT2D eigenvalue weighted by molar-refractivity contribution is 0.621. The van der Waals surface area contributed by atoms with Gasteiger partial charge in [0, 0.05) is 40.3 Å². The number of hydrogen-bond acceptors (Lipinski definition) is 3. The van der Waals surface area contributed by atoms with Crippen molar-refractivity contribution in [3.63, 3.8) is 0 Å². The Morgan fingerprint density at radius 3 is 2.95 bits per heavy atom. The summed E-state index contributed by atoms with van der Waals surface area (Å²) in [5, 5.41) is 4.14. The third kappa shape index (κ3) is 3.67. The highest BCUT2D eigenvalue weighted by atomic mass is 79.9. The number of benzene rings is 1. The monoisotopic (exact) mass is 342 g/mol. The Morgan fingerprint density at radius 1 is 1.42 bits per heavy atom. The average molecular weight is 343 g/mol. The van der Waals surface area contributed by atoms with Crippen molar-refractivity contribution in [1.29, 1.82) is 0 Å². The summed E-state index contributed by atoms with van der Waals surface area (Å²) in [5.41, 5.74) is 2.78. The molecule has 2 atom stereocenters. The minimum atomic E-state index is 0.591. The SMILES string of the molecule is CCNCc1ccc(Br)cc1N1CCSC(C)C1C. The first-order chi connectivity index (χ1) is 9.13. The van der Waals surface area contributed by atoms with Crippen LogP contribution in [0, 0.1) is 0 Å². The van der Waals surface area contributed by atoms with Gasteiger partial charge in [-0.2, -0.15) is 11.8 Å². The molecule has 0 aromatic heterocycles. The molecule has 1 N–H and O–H groups in total. The Bertz CT molecular complexity index is 425. The molecular formula is C15H23BrN2S. The maximum Gasteiger partial charge on any atom is 0.0426 e. The molecule has 0 amide bonds. The van der Waals surface area contributed by atoms with Gasteiger partial charge in [0.1, 0.15) is 0 Å². The Labute approximate surface area is 129 Å². The lowest BCUT2D eigenvalue weighted by atomic mass is 10.1. The van der Waals surface area contributed by atoms with Crippen LogP contribution in [0.25, 0.3) is 0 Å². The van der Waals surface area contributed by atoms with E-state index >= 15 is 0 Å². The van der Waals surface area contributed by atoms with Gasteiger partial charge in [-0.3, -0.25) is 0 Å². The molecule has 1 heterocycles. The van der Waals surface area contributed by atoms with Gasteiger partial charge in [0.2, 0.25) is 0 Å². The molecule has 1 saturated heterocycles. The van der Waals surface area contributed by atoms with Crippen LogP contribution in [0.15, 0.2) is 22.7 Å². The zero-order valence-electron chi connectivity index (χ0n) is 11.9. The fourth-order valence-corrected chi connectivity index (χ4v) is 3.93. The van der Waals surface area contributed by atoms with E-state index in [0.717, 1.165) is 19.6 Å². The first-order valence-corrected chi connectivity index (χ1v) is 8.85. The van der Waals surface area contributed by atoms with Crippen molar-refractivity contribution in [3.05, 3.63) is 28.2 Å². The molecule has 1 aliphatic heterocycles. The van der Waals surface area contributed by atoms with E-state index in [1.165, 1.54) is 21.5 Å². The van der Waals surface area contributed by atoms with Crippen molar-refractivity contribution in [2.75, 3.05) is 23.7 Å². The van der Waals surface area contributed by atoms with E-state index in [2.05, 4.69) is 76.9 Å². The van der Waals surface area contributed by atoms with Gasteiger partial charge in [-0.05, 0) is 31.2 Å². The van der Waals surface area contributed by atoms with Crippen molar-refractivity contribution in [1.82, 2.24) is 5.32 Å². The average Bonchev–Trinajstić information content (AvgIpc) is 2.40. The second-order valence-electron chi connectivity index (χ2n) is 5.06. The first-order valence-electron chi connectivity index (χ1n) is 7.01. The molecule has 4 heteroatoms. The molecule has 0 saturated carbocycles. The van der Waals surface area contributed by atoms with Crippen molar-refractivity contribution in [3.8, 4) is 0 Å². The Hall–Kier alpha value is -0.190. The maximum atomic E-state index is 3.61. The Balaban J connectivity index is 2.28. The number of anilines is 1. The number of thioether (sulfide) groups is 1. The van der Waals surface area contributed by atoms with E-state index in [0.29, 0.717) is 11.3 Å². The molecule has 2 unspecified atom stereocenters. The molecule has 0 aliphatic carbocycles. The summed E-state index contributed by atoms with van der Waals surface area (Å²) in [5.74, 6) is 1.22. The van der Waals surface area contributed by atoms with E-state index in [1.54, 1.807) is 0 Å². The number of nitrogens with zero attached hydrogens (tertiary/aromatic N) is 1. The standard InChI is InChI=1S/C15H23BrN2S/c1-4-17-10-13-5-6-14(16)9-15(13)18-7-8-19-12(3)11(18)2/h5-6,9,11-12,17H,4,7-8,10H2,1-3H3. The second kappa shape index (κ2) is 7.00. The minimum absolute atomic E-state index is 0.591. The van der Waals surface area contributed by atoms with Crippen molar-refractivity contribution in [2.24, 2.45) is 0 Å². The molecule has 0 bridgehead atoms. The van der Waals surface area contributed by atoms with Crippen molar-refractivity contribution >= 4 is 33.4 Å². The zero-order valence-corrected chi connectivity index (χ0v) is 14.4. The van der Waals surface area contributed by atoms with E-state index in [1.807, 2.05) is 0 Å². The summed E-state index contributed by atoms with van der Waals surface area (Å²) < 4.78 is 1.17. The molecule has 2 nitrogen and oxygen atoms in total. The Kier molecular flexibility index (Phi) is 5.60. The van der Waals surface area contributed by atoms with Crippen LogP contribution in [0.2, 0.25) is 0 Å². The molecule has 106 valence electrons. The smallest absolute Gasteiger partial charge is 0.0426 e. The van der Waals surface area contributed by atoms with Crippen LogP contribution in [-0.2, 0) is 6.54 Å². The molecule has 1 aromatic carbocycles. The number of halogens is 1. The highest BCUT2D eigenvalue weighted by Gasteiger charge is 2.26. The Morgan fingerprint density at radius 2 is 2.21 bits per heavy atom. The predicted octanol–water partition coefficient (Wildman–Crippen LogP) is 3.89. The van der Waals surface area contributed by atoms with Crippen LogP contribution in [0.1, 0.15) is 26.3 Å². The molecule has 19 heavy (non-hydrogen) atoms. The topological polar surface area (TPSA) is 15.3 Å². The van der Waals surface area contributed by atoms with Crippen LogP contribution in [0.4, 0.5) is 5.69 Å². The van der Waals surface area contributed by atoms with Gasteiger partial charge in [0.05, 0.1) is 0 Å². The van der Waals surface area contributed by atoms with E-state index < -0.39 is 0 Å². The summed E-state index contributed by atoms with van der Waals surface area (Å²) in [4.78, 5) is 2.57. The van der Waals surface area contributed by atoms with Crippen LogP contribution in [0.3, 0.4) is 0 Å². The van der Waals surface area contributed by atoms with Gasteiger partial charge in [0.25, 0.3) is 0 Å². The van der Waals surface area contributed by atoms with Gasteiger partial charge in [-0.1, -0.05) is 35.8 Å². The third-order valence-corrected chi connectivity index (χ3v) is 5.64. The van der Waals surface area contributed by atoms with Crippen LogP contribution in [0.5, 0.6) is 0 Å². The maximum absolute atomic E-state index is 3.61. The highest BCUT2D eigenvalue weighted by Crippen LogP contribution is 2.33. The normalized spacial score (nSPS) is 23.7. The highest BCUT2D eigenvalue weighted by molar-refractivity contribution is 9.10. The summed E-state index contributed by atoms with van der Waals surface area (Å²) in [6.45, 7) is 9.94. The largest absolute Gasteiger partial charge is 0.367 e. The fraction of sp³-hybridized carbons (Fsp3) is 0.600. The number of nitrogens with one attached hydrogen (secondary N) is 1. The van der Waals surface area contributed by atoms with Gasteiger partial charge in [-0.25, -0.2) is 0 Å². The lowest BCUT2D eigenvalue weighted by Gasteiger charge is -2.40. The summed E-state index contributed by atoms with van der Waals surface area (Å²) in [6, 6.07) is 7.24. The third-order valence-electron chi connectivity index (χ3n) is 3.81. The molecule has 1 fully saturated rings. The second-order valence-corrected chi connectivity index (χ2v) is 7.46. The van der Waals surface area contributed by atoms with E-state index in [4.69, 9.17) is 0 Å². The molecule has 2 rings (SSSR count). The van der Waals surface area contributed by atoms with Gasteiger partial charge >= 0.3 is 0 Å². The van der Waals surface area contributed by atoms with Crippen LogP contribution in [-0.4, -0.2) is 30.1 Å². The number of hydrogen-bond donors (Lipinski definition) is 1. The predicted molar refractivity (Wildman–Crippen MR) is 90.3 cm³/mol. The molecule has 1 aliphatic rings. The van der Waals surface area contributed by atoms with Crippen molar-refractivity contribution < 1.29 is 0 Å². The molecule has 0 radical (unpaired) electrons. The summed E-state index contributed by atoms with van der Waals surface area (Å²) >= 11 is 5.70.